The van der Waals surface area contributed by atoms with Gasteiger partial charge in [0.05, 0.1) is 28.4 Å². The Morgan fingerprint density at radius 3 is 2.57 bits per heavy atom. The summed E-state index contributed by atoms with van der Waals surface area (Å²) in [6, 6.07) is 16.2. The zero-order chi connectivity index (χ0) is 19.9. The monoisotopic (exact) mass is 377 g/mol. The lowest BCUT2D eigenvalue weighted by molar-refractivity contribution is 0.0500. The van der Waals surface area contributed by atoms with E-state index in [-0.39, 0.29) is 11.5 Å². The number of hydrogen-bond acceptors (Lipinski definition) is 4. The minimum absolute atomic E-state index is 0.195. The van der Waals surface area contributed by atoms with E-state index in [1.54, 1.807) is 30.5 Å². The van der Waals surface area contributed by atoms with Crippen molar-refractivity contribution in [1.29, 1.82) is 0 Å². The molecule has 6 heteroatoms. The minimum atomic E-state index is -0.333. The van der Waals surface area contributed by atoms with Crippen LogP contribution in [0.15, 0.2) is 59.4 Å². The number of unbranched alkanes of at least 4 members (excludes halogenated alkanes) is 1. The second-order valence-electron chi connectivity index (χ2n) is 6.34. The highest BCUT2D eigenvalue weighted by molar-refractivity contribution is 5.89. The standard InChI is InChI=1S/C22H23N3O3/c1-3-4-14-28-22(27)17-10-12-18(13-11-17)23-15-20-16(2)24-25(21(20)26)19-8-6-5-7-9-19/h5-13,15,23-24H,2-4,14H2,1H3/b20-15-. The fourth-order valence-electron chi connectivity index (χ4n) is 2.65. The summed E-state index contributed by atoms with van der Waals surface area (Å²) in [6.07, 6.45) is 3.44. The van der Waals surface area contributed by atoms with Gasteiger partial charge in [0.15, 0.2) is 0 Å². The summed E-state index contributed by atoms with van der Waals surface area (Å²) in [5.74, 6) is -0.333. The van der Waals surface area contributed by atoms with E-state index >= 15 is 0 Å². The Hall–Kier alpha value is -3.54. The predicted octanol–water partition coefficient (Wildman–Crippen LogP) is 2.38. The molecule has 1 aromatic heterocycles. The molecule has 0 saturated heterocycles. The van der Waals surface area contributed by atoms with Crippen LogP contribution in [0.1, 0.15) is 30.1 Å². The molecule has 3 rings (SSSR count). The van der Waals surface area contributed by atoms with E-state index in [9.17, 15) is 9.59 Å². The third kappa shape index (κ3) is 4.40. The normalized spacial score (nSPS) is 11.4. The fourth-order valence-corrected chi connectivity index (χ4v) is 2.65. The Labute approximate surface area is 162 Å². The summed E-state index contributed by atoms with van der Waals surface area (Å²) in [4.78, 5) is 24.6. The lowest BCUT2D eigenvalue weighted by Gasteiger charge is -2.05. The number of esters is 1. The Balaban J connectivity index is 1.76. The Morgan fingerprint density at radius 2 is 1.89 bits per heavy atom. The number of para-hydroxylation sites is 1. The first-order valence-electron chi connectivity index (χ1n) is 9.19. The maximum absolute atomic E-state index is 12.6. The van der Waals surface area contributed by atoms with Crippen molar-refractivity contribution in [2.75, 3.05) is 11.9 Å². The lowest BCUT2D eigenvalue weighted by atomic mass is 10.2. The van der Waals surface area contributed by atoms with Gasteiger partial charge in [-0.05, 0) is 42.8 Å². The average molecular weight is 377 g/mol. The molecular weight excluding hydrogens is 354 g/mol. The number of hydrogen-bond donors (Lipinski definition) is 2. The number of H-pyrrole nitrogens is 1. The summed E-state index contributed by atoms with van der Waals surface area (Å²) in [7, 11) is 0. The van der Waals surface area contributed by atoms with Crippen molar-refractivity contribution in [2.24, 2.45) is 0 Å². The van der Waals surface area contributed by atoms with Crippen LogP contribution in [0.2, 0.25) is 0 Å². The smallest absolute Gasteiger partial charge is 0.338 e. The maximum atomic E-state index is 12.6. The van der Waals surface area contributed by atoms with Crippen molar-refractivity contribution < 1.29 is 9.53 Å². The second kappa shape index (κ2) is 8.90. The first kappa shape index (κ1) is 19.2. The van der Waals surface area contributed by atoms with Crippen LogP contribution in [-0.2, 0) is 4.74 Å². The van der Waals surface area contributed by atoms with E-state index in [0.717, 1.165) is 24.2 Å². The molecule has 0 unspecified atom stereocenters. The molecule has 1 heterocycles. The van der Waals surface area contributed by atoms with Gasteiger partial charge in [-0.25, -0.2) is 9.48 Å². The molecule has 0 atom stereocenters. The van der Waals surface area contributed by atoms with Crippen LogP contribution in [-0.4, -0.2) is 22.4 Å². The lowest BCUT2D eigenvalue weighted by Crippen LogP contribution is -2.34. The number of aromatic amines is 1. The molecule has 2 aromatic carbocycles. The fraction of sp³-hybridized carbons (Fsp3) is 0.182. The molecule has 0 saturated carbocycles. The van der Waals surface area contributed by atoms with Gasteiger partial charge in [0.2, 0.25) is 0 Å². The van der Waals surface area contributed by atoms with Gasteiger partial charge in [-0.1, -0.05) is 38.1 Å². The van der Waals surface area contributed by atoms with E-state index in [1.165, 1.54) is 4.68 Å². The van der Waals surface area contributed by atoms with E-state index in [1.807, 2.05) is 37.3 Å². The van der Waals surface area contributed by atoms with Gasteiger partial charge in [0, 0.05) is 11.9 Å². The van der Waals surface area contributed by atoms with E-state index in [2.05, 4.69) is 17.0 Å². The number of benzene rings is 2. The number of anilines is 1. The molecule has 0 aliphatic rings. The van der Waals surface area contributed by atoms with Crippen LogP contribution in [0.4, 0.5) is 5.69 Å². The quantitative estimate of drug-likeness (QED) is 0.490. The SMILES string of the molecule is C=c1[nH]n(-c2ccccc2)c(=O)/c1=C\Nc1ccc(C(=O)OCCCC)cc1. The highest BCUT2D eigenvalue weighted by Gasteiger charge is 2.07. The maximum Gasteiger partial charge on any atom is 0.338 e. The number of nitrogens with one attached hydrogen (secondary N) is 2. The molecule has 3 aromatic rings. The molecule has 28 heavy (non-hydrogen) atoms. The van der Waals surface area contributed by atoms with Crippen molar-refractivity contribution in [3.05, 3.63) is 81.1 Å². The van der Waals surface area contributed by atoms with Crippen molar-refractivity contribution in [1.82, 2.24) is 9.78 Å². The first-order chi connectivity index (χ1) is 13.6. The van der Waals surface area contributed by atoms with Crippen LogP contribution in [0, 0.1) is 0 Å². The largest absolute Gasteiger partial charge is 0.462 e. The van der Waals surface area contributed by atoms with E-state index in [4.69, 9.17) is 4.74 Å². The van der Waals surface area contributed by atoms with Crippen molar-refractivity contribution in [3.8, 4) is 5.69 Å². The van der Waals surface area contributed by atoms with Gasteiger partial charge in [0.25, 0.3) is 5.56 Å². The van der Waals surface area contributed by atoms with Crippen LogP contribution in [0.3, 0.4) is 0 Å². The van der Waals surface area contributed by atoms with Crippen LogP contribution in [0.5, 0.6) is 0 Å². The zero-order valence-electron chi connectivity index (χ0n) is 15.8. The third-order valence-electron chi connectivity index (χ3n) is 4.25. The van der Waals surface area contributed by atoms with Crippen LogP contribution in [0.25, 0.3) is 18.5 Å². The number of aromatic nitrogens is 2. The molecule has 0 radical (unpaired) electrons. The highest BCUT2D eigenvalue weighted by Crippen LogP contribution is 2.10. The van der Waals surface area contributed by atoms with Gasteiger partial charge >= 0.3 is 5.97 Å². The van der Waals surface area contributed by atoms with Gasteiger partial charge < -0.3 is 10.1 Å². The molecule has 0 aliphatic heterocycles. The molecule has 0 amide bonds. The summed E-state index contributed by atoms with van der Waals surface area (Å²) in [5, 5.41) is 7.00. The second-order valence-corrected chi connectivity index (χ2v) is 6.34. The number of rotatable bonds is 7. The summed E-state index contributed by atoms with van der Waals surface area (Å²) in [6.45, 7) is 6.37. The minimum Gasteiger partial charge on any atom is -0.462 e. The van der Waals surface area contributed by atoms with E-state index < -0.39 is 0 Å². The Bertz CT molecular complexity index is 1100. The average Bonchev–Trinajstić information content (AvgIpc) is 3.01. The summed E-state index contributed by atoms with van der Waals surface area (Å²) < 4.78 is 6.64. The molecule has 144 valence electrons. The van der Waals surface area contributed by atoms with Crippen molar-refractivity contribution >= 4 is 24.4 Å². The third-order valence-corrected chi connectivity index (χ3v) is 4.25. The molecule has 2 N–H and O–H groups in total. The number of carbonyl (C=O) groups is 1. The molecule has 0 fully saturated rings. The Kier molecular flexibility index (Phi) is 6.11. The number of ether oxygens (including phenoxy) is 1. The zero-order valence-corrected chi connectivity index (χ0v) is 15.8. The first-order valence-corrected chi connectivity index (χ1v) is 9.19. The van der Waals surface area contributed by atoms with Crippen molar-refractivity contribution in [3.63, 3.8) is 0 Å². The molecule has 0 aliphatic carbocycles. The van der Waals surface area contributed by atoms with Gasteiger partial charge in [0.1, 0.15) is 0 Å². The number of nitrogens with zero attached hydrogens (tertiary/aromatic N) is 1. The van der Waals surface area contributed by atoms with E-state index in [0.29, 0.717) is 22.7 Å². The topological polar surface area (TPSA) is 76.1 Å². The van der Waals surface area contributed by atoms with Crippen LogP contribution < -0.4 is 21.4 Å². The molecule has 0 spiro atoms. The summed E-state index contributed by atoms with van der Waals surface area (Å²) in [5.41, 5.74) is 1.78. The predicted molar refractivity (Wildman–Crippen MR) is 111 cm³/mol. The molecular formula is C22H23N3O3. The van der Waals surface area contributed by atoms with Gasteiger partial charge in [-0.15, -0.1) is 0 Å². The highest BCUT2D eigenvalue weighted by atomic mass is 16.5. The summed E-state index contributed by atoms with van der Waals surface area (Å²) >= 11 is 0. The Morgan fingerprint density at radius 1 is 1.18 bits per heavy atom. The van der Waals surface area contributed by atoms with Crippen LogP contribution >= 0.6 is 0 Å². The van der Waals surface area contributed by atoms with Gasteiger partial charge in [-0.2, -0.15) is 0 Å². The number of carbonyl (C=O) groups excluding carboxylic acids is 1. The molecule has 0 bridgehead atoms. The van der Waals surface area contributed by atoms with Crippen molar-refractivity contribution in [2.45, 2.75) is 19.8 Å². The van der Waals surface area contributed by atoms with Gasteiger partial charge in [-0.3, -0.25) is 9.89 Å². The molecule has 6 nitrogen and oxygen atoms in total.